The fraction of sp³-hybridized carbons (Fsp3) is 0.0976. The second kappa shape index (κ2) is 9.35. The molecule has 1 saturated heterocycles. The predicted octanol–water partition coefficient (Wildman–Crippen LogP) is 8.80. The number of benzene rings is 6. The van der Waals surface area contributed by atoms with Crippen LogP contribution in [0.3, 0.4) is 0 Å². The van der Waals surface area contributed by atoms with Gasteiger partial charge in [-0.05, 0) is 35.9 Å². The summed E-state index contributed by atoms with van der Waals surface area (Å²) in [6, 6.07) is 47.2. The first-order chi connectivity index (χ1) is 22.8. The van der Waals surface area contributed by atoms with Crippen molar-refractivity contribution in [2.45, 2.75) is 18.2 Å². The Labute approximate surface area is 267 Å². The summed E-state index contributed by atoms with van der Waals surface area (Å²) >= 11 is 0. The smallest absolute Gasteiger partial charge is 0.147 e. The lowest BCUT2D eigenvalue weighted by Crippen LogP contribution is -2.71. The zero-order valence-electron chi connectivity index (χ0n) is 25.2. The topological polar surface area (TPSA) is 49.8 Å². The maximum absolute atomic E-state index is 6.55. The number of anilines is 3. The lowest BCUT2D eigenvalue weighted by Gasteiger charge is -2.62. The Bertz CT molecular complexity index is 2410. The van der Waals surface area contributed by atoms with Gasteiger partial charge >= 0.3 is 0 Å². The zero-order valence-corrected chi connectivity index (χ0v) is 25.2. The van der Waals surface area contributed by atoms with E-state index in [0.29, 0.717) is 12.6 Å². The molecule has 1 spiro atoms. The highest BCUT2D eigenvalue weighted by atomic mass is 15.5. The first-order valence-corrected chi connectivity index (χ1v) is 16.0. The molecule has 46 heavy (non-hydrogen) atoms. The number of nitrogens with zero attached hydrogens (tertiary/aromatic N) is 4. The summed E-state index contributed by atoms with van der Waals surface area (Å²) in [5.74, 6) is 0.367. The maximum atomic E-state index is 6.55. The van der Waals surface area contributed by atoms with E-state index in [-0.39, 0.29) is 5.66 Å². The van der Waals surface area contributed by atoms with Gasteiger partial charge in [0, 0.05) is 56.8 Å². The number of nitrogens with two attached hydrogens (primary N) is 1. The molecule has 3 aliphatic rings. The van der Waals surface area contributed by atoms with Crippen LogP contribution in [-0.4, -0.2) is 27.4 Å². The van der Waals surface area contributed by atoms with Gasteiger partial charge in [0.1, 0.15) is 12.3 Å². The molecule has 220 valence electrons. The molecule has 4 heterocycles. The van der Waals surface area contributed by atoms with Crippen LogP contribution >= 0.6 is 0 Å². The molecule has 0 amide bonds. The molecule has 0 bridgehead atoms. The number of rotatable bonds is 5. The Hall–Kier alpha value is -5.81. The first-order valence-electron chi connectivity index (χ1n) is 16.0. The average Bonchev–Trinajstić information content (AvgIpc) is 3.59. The molecule has 0 radical (unpaired) electrons. The van der Waals surface area contributed by atoms with Crippen molar-refractivity contribution in [2.24, 2.45) is 4.99 Å². The fourth-order valence-electron chi connectivity index (χ4n) is 8.35. The van der Waals surface area contributed by atoms with E-state index in [1.807, 2.05) is 24.3 Å². The van der Waals surface area contributed by atoms with Crippen LogP contribution in [0.25, 0.3) is 32.6 Å². The number of hydrogen-bond acceptors (Lipinski definition) is 4. The van der Waals surface area contributed by atoms with E-state index in [4.69, 9.17) is 10.7 Å². The normalized spacial score (nSPS) is 19.7. The molecule has 10 rings (SSSR count). The highest BCUT2D eigenvalue weighted by molar-refractivity contribution is 6.25. The van der Waals surface area contributed by atoms with E-state index >= 15 is 0 Å². The molecule has 2 N–H and O–H groups in total. The summed E-state index contributed by atoms with van der Waals surface area (Å²) in [4.78, 5) is 10.5. The maximum Gasteiger partial charge on any atom is 0.147 e. The van der Waals surface area contributed by atoms with Gasteiger partial charge < -0.3 is 20.1 Å². The van der Waals surface area contributed by atoms with Crippen molar-refractivity contribution in [2.75, 3.05) is 17.2 Å². The van der Waals surface area contributed by atoms with E-state index in [9.17, 15) is 0 Å². The van der Waals surface area contributed by atoms with E-state index in [0.717, 1.165) is 29.1 Å². The minimum absolute atomic E-state index is 0.159. The van der Waals surface area contributed by atoms with E-state index in [2.05, 4.69) is 136 Å². The summed E-state index contributed by atoms with van der Waals surface area (Å²) in [7, 11) is 0. The van der Waals surface area contributed by atoms with Crippen LogP contribution in [0.1, 0.15) is 22.6 Å². The minimum Gasteiger partial charge on any atom is -0.398 e. The van der Waals surface area contributed by atoms with Gasteiger partial charge in [0.15, 0.2) is 0 Å². The molecule has 7 aromatic rings. The van der Waals surface area contributed by atoms with Crippen molar-refractivity contribution in [3.8, 4) is 0 Å². The Balaban J connectivity index is 1.28. The summed E-state index contributed by atoms with van der Waals surface area (Å²) in [6.45, 7) is 1.49. The highest BCUT2D eigenvalue weighted by Crippen LogP contribution is 2.66. The number of nitrogen functional groups attached to an aromatic ring is 1. The molecule has 6 aromatic carbocycles. The van der Waals surface area contributed by atoms with Gasteiger partial charge in [-0.25, -0.2) is 0 Å². The summed E-state index contributed by atoms with van der Waals surface area (Å²) < 4.78 is 2.43. The number of para-hydroxylation sites is 3. The van der Waals surface area contributed by atoms with Gasteiger partial charge in [-0.1, -0.05) is 109 Å². The lowest BCUT2D eigenvalue weighted by atomic mass is 9.74. The van der Waals surface area contributed by atoms with Gasteiger partial charge in [-0.2, -0.15) is 0 Å². The SMILES string of the molecule is Nc1ccccc1C(=NCn1c2ccccc2c2c3c(c4ccccc4c21)N(c1ccccc1)C12C=CN1CC32)c1ccccc1. The van der Waals surface area contributed by atoms with Gasteiger partial charge in [0.2, 0.25) is 0 Å². The first kappa shape index (κ1) is 25.5. The third kappa shape index (κ3) is 3.21. The number of aliphatic imine (C=N–C) groups is 1. The summed E-state index contributed by atoms with van der Waals surface area (Å²) in [5, 5.41) is 5.16. The van der Waals surface area contributed by atoms with Gasteiger partial charge in [-0.3, -0.25) is 4.99 Å². The minimum atomic E-state index is -0.159. The zero-order chi connectivity index (χ0) is 30.4. The van der Waals surface area contributed by atoms with Crippen LogP contribution in [0, 0.1) is 0 Å². The Morgan fingerprint density at radius 1 is 0.739 bits per heavy atom. The largest absolute Gasteiger partial charge is 0.398 e. The van der Waals surface area contributed by atoms with Crippen molar-refractivity contribution < 1.29 is 0 Å². The van der Waals surface area contributed by atoms with Crippen LogP contribution in [-0.2, 0) is 6.67 Å². The predicted molar refractivity (Wildman–Crippen MR) is 190 cm³/mol. The molecule has 2 unspecified atom stereocenters. The third-order valence-electron chi connectivity index (χ3n) is 10.4. The van der Waals surface area contributed by atoms with Crippen LogP contribution in [0.2, 0.25) is 0 Å². The van der Waals surface area contributed by atoms with Gasteiger partial charge in [-0.15, -0.1) is 0 Å². The van der Waals surface area contributed by atoms with Crippen LogP contribution in [0.5, 0.6) is 0 Å². The van der Waals surface area contributed by atoms with Crippen LogP contribution in [0.15, 0.2) is 151 Å². The number of fused-ring (bicyclic) bond motifs is 9. The molecule has 5 nitrogen and oxygen atoms in total. The van der Waals surface area contributed by atoms with E-state index < -0.39 is 0 Å². The fourth-order valence-corrected chi connectivity index (χ4v) is 8.35. The molecule has 2 atom stereocenters. The van der Waals surface area contributed by atoms with Crippen molar-refractivity contribution in [1.82, 2.24) is 9.47 Å². The number of aromatic nitrogens is 1. The third-order valence-corrected chi connectivity index (χ3v) is 10.4. The second-order valence-corrected chi connectivity index (χ2v) is 12.6. The Morgan fingerprint density at radius 2 is 1.41 bits per heavy atom. The highest BCUT2D eigenvalue weighted by Gasteiger charge is 2.65. The van der Waals surface area contributed by atoms with Crippen molar-refractivity contribution in [3.05, 3.63) is 162 Å². The molecule has 5 heteroatoms. The summed E-state index contributed by atoms with van der Waals surface area (Å²) in [6.07, 6.45) is 4.67. The standard InChI is InChI=1S/C41H31N5/c42-34-21-11-9-19-31(34)38(27-13-3-1-4-14-27)43-26-45-35-22-12-10-20-32(35)36-37-33-25-44-24-23-41(33,44)46(28-15-5-2-6-16-28)40(37)30-18-8-7-17-29(30)39(36)45/h1-24,33H,25-26,42H2. The van der Waals surface area contributed by atoms with E-state index in [1.165, 1.54) is 49.5 Å². The number of hydrogen-bond donors (Lipinski definition) is 1. The van der Waals surface area contributed by atoms with Crippen LogP contribution in [0.4, 0.5) is 17.1 Å². The van der Waals surface area contributed by atoms with Crippen molar-refractivity contribution in [3.63, 3.8) is 0 Å². The molecule has 3 aliphatic heterocycles. The van der Waals surface area contributed by atoms with Crippen LogP contribution < -0.4 is 10.6 Å². The molecule has 1 aromatic heterocycles. The average molecular weight is 594 g/mol. The molecule has 1 fully saturated rings. The molecular weight excluding hydrogens is 562 g/mol. The van der Waals surface area contributed by atoms with Gasteiger partial charge in [0.05, 0.1) is 28.4 Å². The monoisotopic (exact) mass is 593 g/mol. The molecular formula is C41H31N5. The van der Waals surface area contributed by atoms with Gasteiger partial charge in [0.25, 0.3) is 0 Å². The molecule has 0 aliphatic carbocycles. The Morgan fingerprint density at radius 3 is 2.15 bits per heavy atom. The van der Waals surface area contributed by atoms with Crippen molar-refractivity contribution >= 4 is 55.4 Å². The lowest BCUT2D eigenvalue weighted by molar-refractivity contribution is 0.0279. The van der Waals surface area contributed by atoms with Crippen molar-refractivity contribution in [1.29, 1.82) is 0 Å². The summed E-state index contributed by atoms with van der Waals surface area (Å²) in [5.41, 5.74) is 16.5. The quantitative estimate of drug-likeness (QED) is 0.160. The second-order valence-electron chi connectivity index (χ2n) is 12.6. The Kier molecular flexibility index (Phi) is 5.18. The van der Waals surface area contributed by atoms with E-state index in [1.54, 1.807) is 0 Å². The molecule has 0 saturated carbocycles.